The van der Waals surface area contributed by atoms with E-state index in [1.807, 2.05) is 0 Å². The summed E-state index contributed by atoms with van der Waals surface area (Å²) >= 11 is 0. The van der Waals surface area contributed by atoms with Crippen LogP contribution in [0.3, 0.4) is 0 Å². The Morgan fingerprint density at radius 3 is 2.76 bits per heavy atom. The molecule has 3 rings (SSSR count). The molecule has 1 aromatic carbocycles. The zero-order chi connectivity index (χ0) is 17.8. The van der Waals surface area contributed by atoms with Gasteiger partial charge in [0.25, 0.3) is 5.91 Å². The minimum Gasteiger partial charge on any atom is -0.506 e. The highest BCUT2D eigenvalue weighted by atomic mass is 16.5. The molecule has 2 N–H and O–H groups in total. The molecule has 0 aliphatic rings. The van der Waals surface area contributed by atoms with Crippen LogP contribution < -0.4 is 5.32 Å². The summed E-state index contributed by atoms with van der Waals surface area (Å²) in [6.45, 7) is 1.53. The molecule has 9 nitrogen and oxygen atoms in total. The van der Waals surface area contributed by atoms with Gasteiger partial charge >= 0.3 is 5.97 Å². The number of nitrogens with zero attached hydrogens (tertiary/aromatic N) is 3. The van der Waals surface area contributed by atoms with Crippen LogP contribution in [0.5, 0.6) is 5.75 Å². The molecule has 25 heavy (non-hydrogen) atoms. The van der Waals surface area contributed by atoms with E-state index >= 15 is 0 Å². The van der Waals surface area contributed by atoms with Crippen molar-refractivity contribution in [1.29, 1.82) is 0 Å². The Morgan fingerprint density at radius 1 is 1.24 bits per heavy atom. The normalized spacial score (nSPS) is 10.6. The molecule has 2 aromatic heterocycles. The van der Waals surface area contributed by atoms with Crippen LogP contribution in [-0.2, 0) is 9.53 Å². The Labute approximate surface area is 141 Å². The van der Waals surface area contributed by atoms with Crippen molar-refractivity contribution in [1.82, 2.24) is 20.3 Å². The molecule has 0 atom stereocenters. The lowest BCUT2D eigenvalue weighted by Crippen LogP contribution is -2.31. The van der Waals surface area contributed by atoms with Crippen LogP contribution in [0.1, 0.15) is 17.3 Å². The number of oxazole rings is 1. The largest absolute Gasteiger partial charge is 0.506 e. The van der Waals surface area contributed by atoms with Crippen molar-refractivity contribution in [3.63, 3.8) is 0 Å². The van der Waals surface area contributed by atoms with E-state index in [-0.39, 0.29) is 41.4 Å². The van der Waals surface area contributed by atoms with Gasteiger partial charge in [0.15, 0.2) is 0 Å². The zero-order valence-corrected chi connectivity index (χ0v) is 13.2. The third kappa shape index (κ3) is 3.25. The first kappa shape index (κ1) is 16.4. The highest BCUT2D eigenvalue weighted by molar-refractivity contribution is 6.10. The molecule has 9 heteroatoms. The maximum atomic E-state index is 12.5. The van der Waals surface area contributed by atoms with Crippen molar-refractivity contribution in [2.75, 3.05) is 13.2 Å². The first-order valence-electron chi connectivity index (χ1n) is 7.42. The third-order valence-electron chi connectivity index (χ3n) is 3.32. The number of aromatic nitrogens is 3. The van der Waals surface area contributed by atoms with Gasteiger partial charge in [-0.15, -0.1) is 0 Å². The third-order valence-corrected chi connectivity index (χ3v) is 3.32. The van der Waals surface area contributed by atoms with Crippen LogP contribution in [0.2, 0.25) is 0 Å². The summed E-state index contributed by atoms with van der Waals surface area (Å²) in [5, 5.41) is 12.9. The van der Waals surface area contributed by atoms with E-state index in [1.54, 1.807) is 6.92 Å². The zero-order valence-electron chi connectivity index (χ0n) is 13.2. The van der Waals surface area contributed by atoms with Crippen molar-refractivity contribution in [2.45, 2.75) is 6.92 Å². The van der Waals surface area contributed by atoms with E-state index in [1.165, 1.54) is 30.9 Å². The van der Waals surface area contributed by atoms with Crippen LogP contribution in [0.25, 0.3) is 22.5 Å². The summed E-state index contributed by atoms with van der Waals surface area (Å²) < 4.78 is 9.95. The Hall–Kier alpha value is -3.49. The van der Waals surface area contributed by atoms with Crippen LogP contribution in [0.4, 0.5) is 0 Å². The number of carbonyl (C=O) groups is 2. The van der Waals surface area contributed by atoms with Gasteiger partial charge in [-0.25, -0.2) is 4.98 Å². The minimum atomic E-state index is -0.690. The highest BCUT2D eigenvalue weighted by Crippen LogP contribution is 2.35. The van der Waals surface area contributed by atoms with Crippen LogP contribution in [0, 0.1) is 0 Å². The molecule has 128 valence electrons. The van der Waals surface area contributed by atoms with E-state index in [0.29, 0.717) is 5.52 Å². The van der Waals surface area contributed by atoms with E-state index in [2.05, 4.69) is 20.3 Å². The van der Waals surface area contributed by atoms with Gasteiger partial charge in [-0.2, -0.15) is 0 Å². The first-order chi connectivity index (χ1) is 12.1. The predicted molar refractivity (Wildman–Crippen MR) is 85.7 cm³/mol. The number of benzene rings is 1. The lowest BCUT2D eigenvalue weighted by molar-refractivity contribution is -0.141. The molecular weight excluding hydrogens is 328 g/mol. The van der Waals surface area contributed by atoms with Crippen molar-refractivity contribution in [2.24, 2.45) is 0 Å². The number of carbonyl (C=O) groups excluding carboxylic acids is 2. The Morgan fingerprint density at radius 2 is 2.04 bits per heavy atom. The van der Waals surface area contributed by atoms with Crippen molar-refractivity contribution >= 4 is 22.9 Å². The maximum absolute atomic E-state index is 12.5. The molecule has 0 unspecified atom stereocenters. The maximum Gasteiger partial charge on any atom is 0.325 e. The lowest BCUT2D eigenvalue weighted by atomic mass is 10.0. The molecule has 0 bridgehead atoms. The number of fused-ring (bicyclic) bond motifs is 1. The fourth-order valence-electron chi connectivity index (χ4n) is 2.29. The number of nitrogens with one attached hydrogen (secondary N) is 1. The average molecular weight is 342 g/mol. The summed E-state index contributed by atoms with van der Waals surface area (Å²) in [5.74, 6) is -1.51. The second kappa shape index (κ2) is 6.95. The lowest BCUT2D eigenvalue weighted by Gasteiger charge is -2.11. The smallest absolute Gasteiger partial charge is 0.325 e. The molecule has 0 saturated carbocycles. The molecule has 3 aromatic rings. The molecular formula is C16H14N4O5. The summed E-state index contributed by atoms with van der Waals surface area (Å²) in [4.78, 5) is 36.2. The molecule has 0 aliphatic carbocycles. The molecule has 0 radical (unpaired) electrons. The van der Waals surface area contributed by atoms with Gasteiger partial charge in [-0.3, -0.25) is 19.6 Å². The second-order valence-electron chi connectivity index (χ2n) is 4.90. The summed E-state index contributed by atoms with van der Waals surface area (Å²) in [6, 6.07) is 1.52. The number of amides is 1. The van der Waals surface area contributed by atoms with Gasteiger partial charge in [0.2, 0.25) is 5.89 Å². The van der Waals surface area contributed by atoms with Gasteiger partial charge in [0.1, 0.15) is 29.6 Å². The van der Waals surface area contributed by atoms with Crippen LogP contribution in [-0.4, -0.2) is 45.1 Å². The van der Waals surface area contributed by atoms with Gasteiger partial charge in [-0.1, -0.05) is 0 Å². The minimum absolute atomic E-state index is 0.122. The molecule has 0 spiro atoms. The number of rotatable bonds is 5. The molecule has 0 saturated heterocycles. The topological polar surface area (TPSA) is 127 Å². The number of phenols is 1. The second-order valence-corrected chi connectivity index (χ2v) is 4.90. The van der Waals surface area contributed by atoms with Crippen molar-refractivity contribution in [3.8, 4) is 17.2 Å². The first-order valence-corrected chi connectivity index (χ1v) is 7.42. The van der Waals surface area contributed by atoms with Gasteiger partial charge in [0.05, 0.1) is 23.9 Å². The van der Waals surface area contributed by atoms with E-state index in [0.717, 1.165) is 0 Å². The Kier molecular flexibility index (Phi) is 4.55. The number of esters is 1. The average Bonchev–Trinajstić information content (AvgIpc) is 3.14. The number of aromatic hydroxyl groups is 1. The SMILES string of the molecule is CCOC(=O)CNC(=O)c1c(O)c(-c2ncco2)cc2nccnc12. The summed E-state index contributed by atoms with van der Waals surface area (Å²) in [5.41, 5.74) is 0.633. The van der Waals surface area contributed by atoms with Crippen LogP contribution in [0.15, 0.2) is 35.3 Å². The van der Waals surface area contributed by atoms with Gasteiger partial charge in [-0.05, 0) is 13.0 Å². The van der Waals surface area contributed by atoms with E-state index in [4.69, 9.17) is 9.15 Å². The highest BCUT2D eigenvalue weighted by Gasteiger charge is 2.23. The molecule has 2 heterocycles. The number of phenolic OH excluding ortho intramolecular Hbond substituents is 1. The fourth-order valence-corrected chi connectivity index (χ4v) is 2.29. The van der Waals surface area contributed by atoms with Crippen molar-refractivity contribution in [3.05, 3.63) is 36.5 Å². The van der Waals surface area contributed by atoms with Crippen LogP contribution >= 0.6 is 0 Å². The molecule has 0 aliphatic heterocycles. The van der Waals surface area contributed by atoms with Gasteiger partial charge in [0, 0.05) is 12.4 Å². The summed E-state index contributed by atoms with van der Waals surface area (Å²) in [7, 11) is 0. The van der Waals surface area contributed by atoms with Gasteiger partial charge < -0.3 is 19.6 Å². The molecule has 0 fully saturated rings. The fraction of sp³-hybridized carbons (Fsp3) is 0.188. The standard InChI is InChI=1S/C16H14N4O5/c1-2-24-11(21)8-20-15(23)12-13-10(17-3-4-18-13)7-9(14(12)22)16-19-5-6-25-16/h3-7,22H,2,8H2,1H3,(H,20,23). The number of hydrogen-bond donors (Lipinski definition) is 2. The quantitative estimate of drug-likeness (QED) is 0.664. The monoisotopic (exact) mass is 342 g/mol. The number of hydrogen-bond acceptors (Lipinski definition) is 8. The van der Waals surface area contributed by atoms with Crippen molar-refractivity contribution < 1.29 is 23.8 Å². The predicted octanol–water partition coefficient (Wildman–Crippen LogP) is 1.28. The number of ether oxygens (including phenoxy) is 1. The Bertz CT molecular complexity index is 924. The van der Waals surface area contributed by atoms with E-state index in [9.17, 15) is 14.7 Å². The van der Waals surface area contributed by atoms with E-state index < -0.39 is 11.9 Å². The molecule has 1 amide bonds. The Balaban J connectivity index is 2.05. The summed E-state index contributed by atoms with van der Waals surface area (Å²) in [6.07, 6.45) is 5.61.